The Morgan fingerprint density at radius 3 is 2.80 bits per heavy atom. The summed E-state index contributed by atoms with van der Waals surface area (Å²) < 4.78 is 0. The number of amides is 2. The largest absolute Gasteiger partial charge is 0.332 e. The van der Waals surface area contributed by atoms with Crippen LogP contribution < -0.4 is 5.32 Å². The van der Waals surface area contributed by atoms with E-state index >= 15 is 0 Å². The molecule has 1 rings (SSSR count). The van der Waals surface area contributed by atoms with E-state index in [4.69, 9.17) is 11.6 Å². The predicted molar refractivity (Wildman–Crippen MR) is 82.2 cm³/mol. The molecule has 112 valence electrons. The van der Waals surface area contributed by atoms with Crippen LogP contribution in [-0.4, -0.2) is 40.2 Å². The average Bonchev–Trinajstić information content (AvgIpc) is 2.89. The molecule has 5 nitrogen and oxygen atoms in total. The molecule has 0 aliphatic rings. The van der Waals surface area contributed by atoms with Crippen molar-refractivity contribution < 1.29 is 9.59 Å². The van der Waals surface area contributed by atoms with Crippen molar-refractivity contribution >= 4 is 39.9 Å². The molecule has 1 heterocycles. The minimum absolute atomic E-state index is 0.0131. The van der Waals surface area contributed by atoms with Crippen molar-refractivity contribution in [1.82, 2.24) is 9.88 Å². The maximum Gasteiger partial charge on any atom is 0.245 e. The Morgan fingerprint density at radius 1 is 1.50 bits per heavy atom. The molecule has 2 amide bonds. The normalized spacial score (nSPS) is 11.9. The zero-order valence-electron chi connectivity index (χ0n) is 11.8. The summed E-state index contributed by atoms with van der Waals surface area (Å²) in [5.74, 6) is -0.459. The van der Waals surface area contributed by atoms with Gasteiger partial charge in [0, 0.05) is 18.1 Å². The second-order valence-corrected chi connectivity index (χ2v) is 6.02. The van der Waals surface area contributed by atoms with Crippen LogP contribution in [0.5, 0.6) is 0 Å². The number of anilines is 1. The molecule has 1 aromatic heterocycles. The third kappa shape index (κ3) is 5.88. The zero-order valence-corrected chi connectivity index (χ0v) is 13.3. The van der Waals surface area contributed by atoms with Gasteiger partial charge >= 0.3 is 0 Å². The molecule has 0 fully saturated rings. The van der Waals surface area contributed by atoms with E-state index in [9.17, 15) is 9.59 Å². The number of aromatic nitrogens is 1. The first kappa shape index (κ1) is 16.9. The molecule has 20 heavy (non-hydrogen) atoms. The lowest BCUT2D eigenvalue weighted by Crippen LogP contribution is -2.41. The van der Waals surface area contributed by atoms with Crippen molar-refractivity contribution in [2.24, 2.45) is 0 Å². The Hall–Kier alpha value is -1.14. The number of alkyl halides is 1. The summed E-state index contributed by atoms with van der Waals surface area (Å²) >= 11 is 7.17. The molecule has 0 aliphatic carbocycles. The van der Waals surface area contributed by atoms with Gasteiger partial charge in [-0.05, 0) is 13.3 Å². The molecule has 1 atom stereocenters. The van der Waals surface area contributed by atoms with Crippen LogP contribution in [0, 0.1) is 0 Å². The Labute approximate surface area is 128 Å². The molecule has 0 radical (unpaired) electrons. The number of carbonyl (C=O) groups excluding carboxylic acids is 2. The SMILES string of the molecule is CCCCCN(CC(=O)Nc1nccs1)C(=O)[C@@H](C)Cl. The number of rotatable bonds is 8. The first-order valence-electron chi connectivity index (χ1n) is 6.66. The van der Waals surface area contributed by atoms with Crippen LogP contribution in [0.25, 0.3) is 0 Å². The zero-order chi connectivity index (χ0) is 15.0. The molecule has 0 saturated carbocycles. The summed E-state index contributed by atoms with van der Waals surface area (Å²) in [7, 11) is 0. The van der Waals surface area contributed by atoms with E-state index in [2.05, 4.69) is 17.2 Å². The minimum atomic E-state index is -0.621. The van der Waals surface area contributed by atoms with Crippen LogP contribution in [0.4, 0.5) is 5.13 Å². The van der Waals surface area contributed by atoms with Gasteiger partial charge in [-0.2, -0.15) is 0 Å². The van der Waals surface area contributed by atoms with Gasteiger partial charge in [-0.25, -0.2) is 4.98 Å². The van der Waals surface area contributed by atoms with Crippen LogP contribution in [0.1, 0.15) is 33.1 Å². The highest BCUT2D eigenvalue weighted by Crippen LogP contribution is 2.11. The van der Waals surface area contributed by atoms with Crippen molar-refractivity contribution in [2.75, 3.05) is 18.4 Å². The van der Waals surface area contributed by atoms with Gasteiger partial charge in [0.15, 0.2) is 5.13 Å². The summed E-state index contributed by atoms with van der Waals surface area (Å²) in [6.07, 6.45) is 4.57. The molecule has 7 heteroatoms. The molecular formula is C13H20ClN3O2S. The maximum atomic E-state index is 12.0. The molecular weight excluding hydrogens is 298 g/mol. The number of nitrogens with zero attached hydrogens (tertiary/aromatic N) is 2. The highest BCUT2D eigenvalue weighted by Gasteiger charge is 2.21. The van der Waals surface area contributed by atoms with Crippen LogP contribution in [0.3, 0.4) is 0 Å². The van der Waals surface area contributed by atoms with Crippen LogP contribution in [0.2, 0.25) is 0 Å². The predicted octanol–water partition coefficient (Wildman–Crippen LogP) is 2.73. The fraction of sp³-hybridized carbons (Fsp3) is 0.615. The molecule has 0 aromatic carbocycles. The van der Waals surface area contributed by atoms with Crippen LogP contribution in [0.15, 0.2) is 11.6 Å². The van der Waals surface area contributed by atoms with E-state index in [1.54, 1.807) is 18.5 Å². The highest BCUT2D eigenvalue weighted by atomic mass is 35.5. The Bertz CT molecular complexity index is 423. The highest BCUT2D eigenvalue weighted by molar-refractivity contribution is 7.13. The van der Waals surface area contributed by atoms with Crippen LogP contribution in [-0.2, 0) is 9.59 Å². The van der Waals surface area contributed by atoms with E-state index in [1.807, 2.05) is 0 Å². The Kier molecular flexibility index (Phi) is 7.54. The van der Waals surface area contributed by atoms with Gasteiger partial charge in [-0.15, -0.1) is 22.9 Å². The van der Waals surface area contributed by atoms with E-state index in [0.717, 1.165) is 19.3 Å². The van der Waals surface area contributed by atoms with Gasteiger partial charge in [0.25, 0.3) is 0 Å². The number of unbranched alkanes of at least 4 members (excludes halogenated alkanes) is 2. The van der Waals surface area contributed by atoms with Crippen molar-refractivity contribution in [3.8, 4) is 0 Å². The molecule has 0 bridgehead atoms. The third-order valence-corrected chi connectivity index (χ3v) is 3.57. The van der Waals surface area contributed by atoms with E-state index in [1.165, 1.54) is 16.2 Å². The van der Waals surface area contributed by atoms with Gasteiger partial charge in [0.1, 0.15) is 5.38 Å². The van der Waals surface area contributed by atoms with Crippen molar-refractivity contribution in [2.45, 2.75) is 38.5 Å². The average molecular weight is 318 g/mol. The summed E-state index contributed by atoms with van der Waals surface area (Å²) in [6, 6.07) is 0. The number of hydrogen-bond donors (Lipinski definition) is 1. The van der Waals surface area contributed by atoms with Crippen LogP contribution >= 0.6 is 22.9 Å². The van der Waals surface area contributed by atoms with Gasteiger partial charge in [-0.3, -0.25) is 9.59 Å². The number of carbonyl (C=O) groups is 2. The monoisotopic (exact) mass is 317 g/mol. The lowest BCUT2D eigenvalue weighted by atomic mass is 10.2. The number of nitrogens with one attached hydrogen (secondary N) is 1. The fourth-order valence-corrected chi connectivity index (χ4v) is 2.37. The topological polar surface area (TPSA) is 62.3 Å². The Morgan fingerprint density at radius 2 is 2.25 bits per heavy atom. The van der Waals surface area contributed by atoms with E-state index in [0.29, 0.717) is 11.7 Å². The number of hydrogen-bond acceptors (Lipinski definition) is 4. The molecule has 0 aliphatic heterocycles. The van der Waals surface area contributed by atoms with Crippen molar-refractivity contribution in [3.05, 3.63) is 11.6 Å². The minimum Gasteiger partial charge on any atom is -0.332 e. The quantitative estimate of drug-likeness (QED) is 0.592. The summed E-state index contributed by atoms with van der Waals surface area (Å²) in [5, 5.41) is 4.36. The number of thiazole rings is 1. The molecule has 0 unspecified atom stereocenters. The summed E-state index contributed by atoms with van der Waals surface area (Å²) in [5.41, 5.74) is 0. The van der Waals surface area contributed by atoms with Gasteiger partial charge < -0.3 is 10.2 Å². The first-order chi connectivity index (χ1) is 9.54. The fourth-order valence-electron chi connectivity index (χ4n) is 1.69. The van der Waals surface area contributed by atoms with E-state index < -0.39 is 5.38 Å². The van der Waals surface area contributed by atoms with Gasteiger partial charge in [0.05, 0.1) is 6.54 Å². The van der Waals surface area contributed by atoms with Crippen molar-refractivity contribution in [3.63, 3.8) is 0 Å². The maximum absolute atomic E-state index is 12.0. The van der Waals surface area contributed by atoms with E-state index in [-0.39, 0.29) is 18.4 Å². The number of halogens is 1. The Balaban J connectivity index is 2.53. The second-order valence-electron chi connectivity index (χ2n) is 4.47. The third-order valence-electron chi connectivity index (χ3n) is 2.70. The molecule has 0 saturated heterocycles. The van der Waals surface area contributed by atoms with Crippen molar-refractivity contribution in [1.29, 1.82) is 0 Å². The molecule has 0 spiro atoms. The smallest absolute Gasteiger partial charge is 0.245 e. The lowest BCUT2D eigenvalue weighted by Gasteiger charge is -2.23. The standard InChI is InChI=1S/C13H20ClN3O2S/c1-3-4-5-7-17(12(19)10(2)14)9-11(18)16-13-15-6-8-20-13/h6,8,10H,3-5,7,9H2,1-2H3,(H,15,16,18)/t10-/m1/s1. The van der Waals surface area contributed by atoms with Gasteiger partial charge in [0.2, 0.25) is 11.8 Å². The van der Waals surface area contributed by atoms with Gasteiger partial charge in [-0.1, -0.05) is 19.8 Å². The first-order valence-corrected chi connectivity index (χ1v) is 7.98. The second kappa shape index (κ2) is 8.92. The summed E-state index contributed by atoms with van der Waals surface area (Å²) in [6.45, 7) is 4.27. The molecule has 1 N–H and O–H groups in total. The lowest BCUT2D eigenvalue weighted by molar-refractivity contribution is -0.134. The summed E-state index contributed by atoms with van der Waals surface area (Å²) in [4.78, 5) is 29.4. The molecule has 1 aromatic rings.